The van der Waals surface area contributed by atoms with Crippen LogP contribution in [-0.2, 0) is 9.05 Å². The second-order valence-corrected chi connectivity index (χ2v) is 7.16. The number of hydrogen-bond acceptors (Lipinski definition) is 5. The largest absolute Gasteiger partial charge is 0.493 e. The quantitative estimate of drug-likeness (QED) is 0.780. The lowest BCUT2D eigenvalue weighted by Gasteiger charge is -2.14. The van der Waals surface area contributed by atoms with Gasteiger partial charge in [0.15, 0.2) is 11.5 Å². The molecule has 2 atom stereocenters. The van der Waals surface area contributed by atoms with E-state index in [2.05, 4.69) is 0 Å². The summed E-state index contributed by atoms with van der Waals surface area (Å²) >= 11 is 0. The van der Waals surface area contributed by atoms with Crippen LogP contribution in [0.15, 0.2) is 12.1 Å². The van der Waals surface area contributed by atoms with E-state index in [4.69, 9.17) is 24.9 Å². The van der Waals surface area contributed by atoms with E-state index in [9.17, 15) is 8.42 Å². The summed E-state index contributed by atoms with van der Waals surface area (Å²) in [6, 6.07) is 3.52. The molecule has 2 rings (SSSR count). The Bertz CT molecular complexity index is 559. The molecular weight excluding hydrogens is 292 g/mol. The Hall–Kier alpha value is -1.14. The summed E-state index contributed by atoms with van der Waals surface area (Å²) in [6.07, 6.45) is 0.518. The molecule has 0 spiro atoms. The van der Waals surface area contributed by atoms with Gasteiger partial charge in [-0.1, -0.05) is 0 Å². The molecule has 2 unspecified atom stereocenters. The van der Waals surface area contributed by atoms with E-state index in [1.807, 2.05) is 0 Å². The summed E-state index contributed by atoms with van der Waals surface area (Å²) in [5, 5.41) is -0.531. The summed E-state index contributed by atoms with van der Waals surface area (Å²) < 4.78 is 38.2. The van der Waals surface area contributed by atoms with Gasteiger partial charge in [-0.05, 0) is 24.1 Å². The van der Waals surface area contributed by atoms with Crippen LogP contribution in [0.1, 0.15) is 17.9 Å². The van der Waals surface area contributed by atoms with Gasteiger partial charge < -0.3 is 14.2 Å². The molecule has 0 heterocycles. The molecule has 0 radical (unpaired) electrons. The number of benzene rings is 1. The zero-order chi connectivity index (χ0) is 14.2. The minimum absolute atomic E-state index is 0.115. The van der Waals surface area contributed by atoms with E-state index in [-0.39, 0.29) is 5.92 Å². The maximum atomic E-state index is 11.3. The molecule has 106 valence electrons. The average molecular weight is 307 g/mol. The number of halogens is 1. The van der Waals surface area contributed by atoms with Gasteiger partial charge in [-0.2, -0.15) is 0 Å². The SMILES string of the molecule is COc1cc(C2CC2S(=O)(=O)Cl)cc(OC)c1OC. The molecule has 1 saturated carbocycles. The van der Waals surface area contributed by atoms with Crippen molar-refractivity contribution >= 4 is 19.7 Å². The fourth-order valence-electron chi connectivity index (χ4n) is 2.15. The molecule has 1 aliphatic carbocycles. The van der Waals surface area contributed by atoms with Crippen LogP contribution in [0.25, 0.3) is 0 Å². The molecule has 0 bridgehead atoms. The summed E-state index contributed by atoms with van der Waals surface area (Å²) in [4.78, 5) is 0. The van der Waals surface area contributed by atoms with Crippen molar-refractivity contribution in [2.24, 2.45) is 0 Å². The molecular formula is C12H15ClO5S. The van der Waals surface area contributed by atoms with Crippen LogP contribution in [0, 0.1) is 0 Å². The topological polar surface area (TPSA) is 61.8 Å². The molecule has 1 aromatic rings. The highest BCUT2D eigenvalue weighted by Gasteiger charge is 2.47. The van der Waals surface area contributed by atoms with E-state index >= 15 is 0 Å². The molecule has 0 saturated heterocycles. The van der Waals surface area contributed by atoms with Gasteiger partial charge >= 0.3 is 0 Å². The summed E-state index contributed by atoms with van der Waals surface area (Å²) in [5.41, 5.74) is 0.823. The van der Waals surface area contributed by atoms with Crippen LogP contribution in [0.3, 0.4) is 0 Å². The monoisotopic (exact) mass is 306 g/mol. The minimum Gasteiger partial charge on any atom is -0.493 e. The lowest BCUT2D eigenvalue weighted by atomic mass is 10.1. The van der Waals surface area contributed by atoms with E-state index < -0.39 is 14.3 Å². The first-order chi connectivity index (χ1) is 8.92. The second-order valence-electron chi connectivity index (χ2n) is 4.31. The van der Waals surface area contributed by atoms with Crippen molar-refractivity contribution in [3.63, 3.8) is 0 Å². The predicted octanol–water partition coefficient (Wildman–Crippen LogP) is 2.14. The zero-order valence-corrected chi connectivity index (χ0v) is 12.4. The van der Waals surface area contributed by atoms with Crippen molar-refractivity contribution in [1.29, 1.82) is 0 Å². The van der Waals surface area contributed by atoms with E-state index in [0.29, 0.717) is 23.7 Å². The van der Waals surface area contributed by atoms with Gasteiger partial charge in [0.25, 0.3) is 0 Å². The molecule has 0 aliphatic heterocycles. The van der Waals surface area contributed by atoms with Gasteiger partial charge in [0.1, 0.15) is 0 Å². The maximum Gasteiger partial charge on any atom is 0.236 e. The average Bonchev–Trinajstić information content (AvgIpc) is 3.16. The minimum atomic E-state index is -3.52. The first-order valence-electron chi connectivity index (χ1n) is 5.65. The molecule has 0 aromatic heterocycles. The molecule has 1 aliphatic rings. The summed E-state index contributed by atoms with van der Waals surface area (Å²) in [6.45, 7) is 0. The van der Waals surface area contributed by atoms with Crippen molar-refractivity contribution in [3.05, 3.63) is 17.7 Å². The highest BCUT2D eigenvalue weighted by Crippen LogP contribution is 2.50. The van der Waals surface area contributed by atoms with Crippen molar-refractivity contribution < 1.29 is 22.6 Å². The van der Waals surface area contributed by atoms with Gasteiger partial charge in [-0.25, -0.2) is 8.42 Å². The third-order valence-electron chi connectivity index (χ3n) is 3.21. The van der Waals surface area contributed by atoms with Gasteiger partial charge in [0.2, 0.25) is 14.8 Å². The summed E-state index contributed by atoms with van der Waals surface area (Å²) in [7, 11) is 6.40. The first kappa shape index (κ1) is 14.3. The number of rotatable bonds is 5. The van der Waals surface area contributed by atoms with E-state index in [1.54, 1.807) is 12.1 Å². The van der Waals surface area contributed by atoms with Gasteiger partial charge in [-0.3, -0.25) is 0 Å². The van der Waals surface area contributed by atoms with E-state index in [1.165, 1.54) is 21.3 Å². The van der Waals surface area contributed by atoms with Crippen LogP contribution in [-0.4, -0.2) is 35.0 Å². The molecule has 5 nitrogen and oxygen atoms in total. The van der Waals surface area contributed by atoms with Crippen molar-refractivity contribution in [1.82, 2.24) is 0 Å². The third-order valence-corrected chi connectivity index (χ3v) is 5.14. The van der Waals surface area contributed by atoms with Gasteiger partial charge in [0, 0.05) is 16.6 Å². The third kappa shape index (κ3) is 2.74. The fraction of sp³-hybridized carbons (Fsp3) is 0.500. The molecule has 1 fully saturated rings. The Morgan fingerprint density at radius 2 is 1.63 bits per heavy atom. The Morgan fingerprint density at radius 1 is 1.11 bits per heavy atom. The van der Waals surface area contributed by atoms with Crippen LogP contribution in [0.2, 0.25) is 0 Å². The normalized spacial score (nSPS) is 21.9. The molecule has 7 heteroatoms. The van der Waals surface area contributed by atoms with Gasteiger partial charge in [0.05, 0.1) is 26.6 Å². The molecule has 19 heavy (non-hydrogen) atoms. The smallest absolute Gasteiger partial charge is 0.236 e. The fourth-order valence-corrected chi connectivity index (χ4v) is 3.73. The lowest BCUT2D eigenvalue weighted by molar-refractivity contribution is 0.324. The van der Waals surface area contributed by atoms with Crippen LogP contribution < -0.4 is 14.2 Å². The predicted molar refractivity (Wildman–Crippen MR) is 72.0 cm³/mol. The first-order valence-corrected chi connectivity index (χ1v) is 8.03. The number of ether oxygens (including phenoxy) is 3. The lowest BCUT2D eigenvalue weighted by Crippen LogP contribution is -2.01. The van der Waals surface area contributed by atoms with Crippen molar-refractivity contribution in [2.75, 3.05) is 21.3 Å². The van der Waals surface area contributed by atoms with Crippen LogP contribution >= 0.6 is 10.7 Å². The Balaban J connectivity index is 2.39. The number of hydrogen-bond donors (Lipinski definition) is 0. The second kappa shape index (κ2) is 5.09. The standard InChI is InChI=1S/C12H15ClO5S/c1-16-9-4-7(5-10(17-2)12(9)18-3)8-6-11(8)19(13,14)15/h4-5,8,11H,6H2,1-3H3. The Kier molecular flexibility index (Phi) is 3.82. The summed E-state index contributed by atoms with van der Waals surface area (Å²) in [5.74, 6) is 1.39. The van der Waals surface area contributed by atoms with E-state index in [0.717, 1.165) is 5.56 Å². The van der Waals surface area contributed by atoms with Crippen molar-refractivity contribution in [3.8, 4) is 17.2 Å². The molecule has 1 aromatic carbocycles. The molecule has 0 amide bonds. The maximum absolute atomic E-state index is 11.3. The van der Waals surface area contributed by atoms with Gasteiger partial charge in [-0.15, -0.1) is 0 Å². The molecule has 0 N–H and O–H groups in total. The Labute approximate surface area is 116 Å². The number of methoxy groups -OCH3 is 3. The highest BCUT2D eigenvalue weighted by atomic mass is 35.7. The highest BCUT2D eigenvalue weighted by molar-refractivity contribution is 8.14. The Morgan fingerprint density at radius 3 is 1.95 bits per heavy atom. The van der Waals surface area contributed by atoms with Crippen molar-refractivity contribution in [2.45, 2.75) is 17.6 Å². The van der Waals surface area contributed by atoms with Crippen LogP contribution in [0.4, 0.5) is 0 Å². The van der Waals surface area contributed by atoms with Crippen LogP contribution in [0.5, 0.6) is 17.2 Å². The zero-order valence-electron chi connectivity index (χ0n) is 10.8.